The van der Waals surface area contributed by atoms with Crippen LogP contribution >= 0.6 is 11.6 Å². The van der Waals surface area contributed by atoms with Crippen LogP contribution in [-0.4, -0.2) is 7.05 Å². The van der Waals surface area contributed by atoms with Crippen molar-refractivity contribution in [3.63, 3.8) is 0 Å². The molecule has 0 amide bonds. The highest BCUT2D eigenvalue weighted by Crippen LogP contribution is 2.29. The summed E-state index contributed by atoms with van der Waals surface area (Å²) in [6, 6.07) is 7.51. The molecule has 0 fully saturated rings. The molecule has 106 valence electrons. The van der Waals surface area contributed by atoms with Crippen LogP contribution in [0.1, 0.15) is 28.3 Å². The molecule has 2 rings (SSSR count). The smallest absolute Gasteiger partial charge is 0.128 e. The van der Waals surface area contributed by atoms with Crippen LogP contribution in [0.2, 0.25) is 5.02 Å². The Morgan fingerprint density at radius 3 is 2.30 bits per heavy atom. The Balaban J connectivity index is 2.52. The van der Waals surface area contributed by atoms with Gasteiger partial charge in [-0.1, -0.05) is 23.7 Å². The van der Waals surface area contributed by atoms with Crippen LogP contribution in [-0.2, 0) is 0 Å². The Labute approximate surface area is 122 Å². The van der Waals surface area contributed by atoms with E-state index >= 15 is 0 Å². The molecule has 0 radical (unpaired) electrons. The number of hydrogen-bond donors (Lipinski definition) is 1. The number of aryl methyl sites for hydroxylation is 2. The molecule has 0 saturated heterocycles. The summed E-state index contributed by atoms with van der Waals surface area (Å²) in [4.78, 5) is 0. The highest BCUT2D eigenvalue weighted by atomic mass is 35.5. The number of nitrogens with one attached hydrogen (secondary N) is 1. The molecule has 0 aromatic heterocycles. The van der Waals surface area contributed by atoms with E-state index in [0.29, 0.717) is 10.6 Å². The summed E-state index contributed by atoms with van der Waals surface area (Å²) in [6.45, 7) is 3.44. The van der Waals surface area contributed by atoms with Crippen molar-refractivity contribution >= 4 is 11.6 Å². The highest BCUT2D eigenvalue weighted by Gasteiger charge is 2.18. The minimum Gasteiger partial charge on any atom is -0.309 e. The Kier molecular flexibility index (Phi) is 4.41. The van der Waals surface area contributed by atoms with Gasteiger partial charge >= 0.3 is 0 Å². The molecule has 0 spiro atoms. The maximum absolute atomic E-state index is 14.1. The van der Waals surface area contributed by atoms with Crippen LogP contribution in [0.15, 0.2) is 30.3 Å². The van der Waals surface area contributed by atoms with Gasteiger partial charge in [-0.05, 0) is 55.8 Å². The van der Waals surface area contributed by atoms with Crippen LogP contribution in [0.25, 0.3) is 0 Å². The van der Waals surface area contributed by atoms with Crippen molar-refractivity contribution < 1.29 is 8.78 Å². The average molecular weight is 296 g/mol. The van der Waals surface area contributed by atoms with E-state index in [2.05, 4.69) is 5.32 Å². The molecule has 0 bridgehead atoms. The second-order valence-electron chi connectivity index (χ2n) is 4.85. The Hall–Kier alpha value is -1.45. The van der Waals surface area contributed by atoms with E-state index in [-0.39, 0.29) is 5.56 Å². The van der Waals surface area contributed by atoms with E-state index in [1.165, 1.54) is 12.1 Å². The molecule has 1 nitrogen and oxygen atoms in total. The maximum atomic E-state index is 14.1. The van der Waals surface area contributed by atoms with Gasteiger partial charge in [0.25, 0.3) is 0 Å². The van der Waals surface area contributed by atoms with E-state index < -0.39 is 17.7 Å². The normalized spacial score (nSPS) is 12.5. The van der Waals surface area contributed by atoms with Gasteiger partial charge in [-0.2, -0.15) is 0 Å². The Morgan fingerprint density at radius 1 is 1.00 bits per heavy atom. The molecule has 2 aromatic rings. The lowest BCUT2D eigenvalue weighted by atomic mass is 9.96. The summed E-state index contributed by atoms with van der Waals surface area (Å²) in [5.74, 6) is -0.847. The van der Waals surface area contributed by atoms with Gasteiger partial charge in [-0.25, -0.2) is 8.78 Å². The summed E-state index contributed by atoms with van der Waals surface area (Å²) in [6.07, 6.45) is 0. The minimum absolute atomic E-state index is 0.274. The van der Waals surface area contributed by atoms with Crippen LogP contribution in [0.3, 0.4) is 0 Å². The van der Waals surface area contributed by atoms with Crippen molar-refractivity contribution in [2.45, 2.75) is 19.9 Å². The summed E-state index contributed by atoms with van der Waals surface area (Å²) in [5.41, 5.74) is 2.31. The quantitative estimate of drug-likeness (QED) is 0.876. The predicted molar refractivity (Wildman–Crippen MR) is 78.2 cm³/mol. The molecule has 0 aliphatic heterocycles. The fraction of sp³-hybridized carbons (Fsp3) is 0.250. The largest absolute Gasteiger partial charge is 0.309 e. The van der Waals surface area contributed by atoms with Gasteiger partial charge < -0.3 is 5.32 Å². The molecule has 0 aliphatic carbocycles. The standard InChI is InChI=1S/C16H16ClF2N/c1-9-4-5-11(7-13(9)17)16(20-3)12-8-14(18)10(2)6-15(12)19/h4-8,16,20H,1-3H3. The van der Waals surface area contributed by atoms with E-state index in [0.717, 1.165) is 11.1 Å². The fourth-order valence-corrected chi connectivity index (χ4v) is 2.36. The van der Waals surface area contributed by atoms with E-state index in [1.807, 2.05) is 19.1 Å². The zero-order valence-corrected chi connectivity index (χ0v) is 12.4. The van der Waals surface area contributed by atoms with Crippen molar-refractivity contribution in [2.75, 3.05) is 7.05 Å². The van der Waals surface area contributed by atoms with Gasteiger partial charge in [0.2, 0.25) is 0 Å². The first-order valence-corrected chi connectivity index (χ1v) is 6.70. The maximum Gasteiger partial charge on any atom is 0.128 e. The third-order valence-corrected chi connectivity index (χ3v) is 3.81. The predicted octanol–water partition coefficient (Wildman–Crippen LogP) is 4.54. The highest BCUT2D eigenvalue weighted by molar-refractivity contribution is 6.31. The van der Waals surface area contributed by atoms with Gasteiger partial charge in [0.15, 0.2) is 0 Å². The fourth-order valence-electron chi connectivity index (χ4n) is 2.17. The first kappa shape index (κ1) is 14.9. The lowest BCUT2D eigenvalue weighted by Crippen LogP contribution is -2.19. The molecule has 20 heavy (non-hydrogen) atoms. The topological polar surface area (TPSA) is 12.0 Å². The lowest BCUT2D eigenvalue weighted by Gasteiger charge is -2.19. The third kappa shape index (κ3) is 2.84. The van der Waals surface area contributed by atoms with Gasteiger partial charge in [0.05, 0.1) is 6.04 Å². The van der Waals surface area contributed by atoms with Gasteiger partial charge in [-0.3, -0.25) is 0 Å². The SMILES string of the molecule is CNC(c1ccc(C)c(Cl)c1)c1cc(F)c(C)cc1F. The molecular formula is C16H16ClF2N. The number of rotatable bonds is 3. The van der Waals surface area contributed by atoms with Crippen LogP contribution in [0.4, 0.5) is 8.78 Å². The van der Waals surface area contributed by atoms with E-state index in [4.69, 9.17) is 11.6 Å². The lowest BCUT2D eigenvalue weighted by molar-refractivity contribution is 0.553. The van der Waals surface area contributed by atoms with Crippen molar-refractivity contribution in [1.82, 2.24) is 5.32 Å². The molecule has 1 unspecified atom stereocenters. The van der Waals surface area contributed by atoms with E-state index in [9.17, 15) is 8.78 Å². The second-order valence-corrected chi connectivity index (χ2v) is 5.26. The number of hydrogen-bond acceptors (Lipinski definition) is 1. The monoisotopic (exact) mass is 295 g/mol. The Morgan fingerprint density at radius 2 is 1.70 bits per heavy atom. The average Bonchev–Trinajstić information content (AvgIpc) is 2.40. The summed E-state index contributed by atoms with van der Waals surface area (Å²) >= 11 is 6.10. The summed E-state index contributed by atoms with van der Waals surface area (Å²) < 4.78 is 27.8. The second kappa shape index (κ2) is 5.90. The van der Waals surface area contributed by atoms with Gasteiger partial charge in [0, 0.05) is 10.6 Å². The summed E-state index contributed by atoms with van der Waals surface area (Å²) in [5, 5.41) is 3.61. The van der Waals surface area contributed by atoms with Crippen molar-refractivity contribution in [2.24, 2.45) is 0 Å². The van der Waals surface area contributed by atoms with Crippen molar-refractivity contribution in [1.29, 1.82) is 0 Å². The molecule has 0 saturated carbocycles. The zero-order valence-electron chi connectivity index (χ0n) is 11.6. The van der Waals surface area contributed by atoms with Gasteiger partial charge in [-0.15, -0.1) is 0 Å². The molecule has 1 N–H and O–H groups in total. The van der Waals surface area contributed by atoms with Crippen LogP contribution < -0.4 is 5.32 Å². The van der Waals surface area contributed by atoms with E-state index in [1.54, 1.807) is 20.0 Å². The summed E-state index contributed by atoms with van der Waals surface area (Å²) in [7, 11) is 1.70. The zero-order chi connectivity index (χ0) is 14.9. The molecular weight excluding hydrogens is 280 g/mol. The van der Waals surface area contributed by atoms with Crippen LogP contribution in [0.5, 0.6) is 0 Å². The molecule has 1 atom stereocenters. The number of halogens is 3. The minimum atomic E-state index is -0.441. The third-order valence-electron chi connectivity index (χ3n) is 3.41. The number of benzene rings is 2. The Bertz CT molecular complexity index is 641. The van der Waals surface area contributed by atoms with Gasteiger partial charge in [0.1, 0.15) is 11.6 Å². The first-order valence-electron chi connectivity index (χ1n) is 6.33. The first-order chi connectivity index (χ1) is 9.43. The molecule has 0 aliphatic rings. The van der Waals surface area contributed by atoms with Crippen molar-refractivity contribution in [3.05, 3.63) is 69.2 Å². The molecule has 0 heterocycles. The molecule has 4 heteroatoms. The van der Waals surface area contributed by atoms with Crippen molar-refractivity contribution in [3.8, 4) is 0 Å². The van der Waals surface area contributed by atoms with Crippen LogP contribution in [0, 0.1) is 25.5 Å². The molecule has 2 aromatic carbocycles.